The molecule has 0 unspecified atom stereocenters. The van der Waals surface area contributed by atoms with Gasteiger partial charge in [-0.2, -0.15) is 0 Å². The SMILES string of the molecule is C=C\C=C/C=C(C)/C(C)=C/C(=C)c1cc(OC)ccc1O.CC. The Kier molecular flexibility index (Phi) is 9.94. The van der Waals surface area contributed by atoms with E-state index in [-0.39, 0.29) is 5.75 Å². The summed E-state index contributed by atoms with van der Waals surface area (Å²) in [7, 11) is 1.60. The molecule has 0 atom stereocenters. The van der Waals surface area contributed by atoms with Gasteiger partial charge in [0.15, 0.2) is 0 Å². The number of ether oxygens (including phenoxy) is 1. The molecular formula is C21H28O2. The molecule has 1 aromatic rings. The molecule has 0 aromatic heterocycles. The number of rotatable bonds is 6. The molecule has 0 aliphatic heterocycles. The molecule has 2 nitrogen and oxygen atoms in total. The van der Waals surface area contributed by atoms with Crippen molar-refractivity contribution in [3.63, 3.8) is 0 Å². The number of hydrogen-bond donors (Lipinski definition) is 1. The molecule has 1 rings (SSSR count). The van der Waals surface area contributed by atoms with Gasteiger partial charge in [0, 0.05) is 5.56 Å². The summed E-state index contributed by atoms with van der Waals surface area (Å²) in [5.74, 6) is 0.884. The summed E-state index contributed by atoms with van der Waals surface area (Å²) in [6.07, 6.45) is 9.50. The van der Waals surface area contributed by atoms with E-state index in [4.69, 9.17) is 4.74 Å². The van der Waals surface area contributed by atoms with Crippen LogP contribution in [0.15, 0.2) is 72.9 Å². The number of allylic oxidation sites excluding steroid dienone is 8. The Bertz CT molecular complexity index is 617. The molecule has 0 heterocycles. The highest BCUT2D eigenvalue weighted by Gasteiger charge is 2.06. The molecule has 0 fully saturated rings. The van der Waals surface area contributed by atoms with Gasteiger partial charge in [-0.3, -0.25) is 0 Å². The van der Waals surface area contributed by atoms with Gasteiger partial charge in [-0.25, -0.2) is 0 Å². The van der Waals surface area contributed by atoms with E-state index in [0.29, 0.717) is 11.3 Å². The number of hydrogen-bond acceptors (Lipinski definition) is 2. The van der Waals surface area contributed by atoms with E-state index in [1.807, 2.05) is 52.0 Å². The predicted molar refractivity (Wildman–Crippen MR) is 102 cm³/mol. The van der Waals surface area contributed by atoms with Crippen LogP contribution in [0.5, 0.6) is 11.5 Å². The second-order valence-corrected chi connectivity index (χ2v) is 4.71. The van der Waals surface area contributed by atoms with Crippen molar-refractivity contribution < 1.29 is 9.84 Å². The fourth-order valence-electron chi connectivity index (χ4n) is 1.76. The van der Waals surface area contributed by atoms with E-state index >= 15 is 0 Å². The van der Waals surface area contributed by atoms with E-state index in [9.17, 15) is 5.11 Å². The summed E-state index contributed by atoms with van der Waals surface area (Å²) in [5, 5.41) is 9.94. The highest BCUT2D eigenvalue weighted by atomic mass is 16.5. The Morgan fingerprint density at radius 1 is 1.13 bits per heavy atom. The predicted octanol–water partition coefficient (Wildman–Crippen LogP) is 6.08. The highest BCUT2D eigenvalue weighted by Crippen LogP contribution is 2.30. The summed E-state index contributed by atoms with van der Waals surface area (Å²) >= 11 is 0. The number of benzene rings is 1. The number of phenols is 1. The molecule has 1 N–H and O–H groups in total. The molecule has 0 amide bonds. The maximum absolute atomic E-state index is 9.94. The van der Waals surface area contributed by atoms with Gasteiger partial charge in [-0.1, -0.05) is 57.4 Å². The van der Waals surface area contributed by atoms with Gasteiger partial charge in [-0.05, 0) is 48.8 Å². The van der Waals surface area contributed by atoms with Crippen LogP contribution in [-0.4, -0.2) is 12.2 Å². The van der Waals surface area contributed by atoms with Crippen molar-refractivity contribution in [3.8, 4) is 11.5 Å². The van der Waals surface area contributed by atoms with Crippen molar-refractivity contribution in [2.24, 2.45) is 0 Å². The van der Waals surface area contributed by atoms with Gasteiger partial charge in [0.2, 0.25) is 0 Å². The minimum atomic E-state index is 0.193. The molecule has 0 radical (unpaired) electrons. The Labute approximate surface area is 140 Å². The molecule has 0 aliphatic carbocycles. The first kappa shape index (κ1) is 20.5. The Morgan fingerprint density at radius 2 is 1.78 bits per heavy atom. The second-order valence-electron chi connectivity index (χ2n) is 4.71. The van der Waals surface area contributed by atoms with Crippen molar-refractivity contribution >= 4 is 5.57 Å². The van der Waals surface area contributed by atoms with Crippen molar-refractivity contribution in [1.29, 1.82) is 0 Å². The minimum Gasteiger partial charge on any atom is -0.507 e. The Balaban J connectivity index is 0.00000232. The summed E-state index contributed by atoms with van der Waals surface area (Å²) in [6, 6.07) is 5.10. The summed E-state index contributed by atoms with van der Waals surface area (Å²) in [6.45, 7) is 15.7. The lowest BCUT2D eigenvalue weighted by Crippen LogP contribution is -1.88. The molecule has 124 valence electrons. The lowest BCUT2D eigenvalue weighted by atomic mass is 10.0. The van der Waals surface area contributed by atoms with Crippen LogP contribution in [0.25, 0.3) is 5.57 Å². The van der Waals surface area contributed by atoms with Crippen LogP contribution < -0.4 is 4.74 Å². The van der Waals surface area contributed by atoms with Crippen LogP contribution in [-0.2, 0) is 0 Å². The molecule has 23 heavy (non-hydrogen) atoms. The standard InChI is InChI=1S/C19H22O2.C2H6/c1-6-7-8-9-14(2)15(3)12-16(4)18-13-17(21-5)10-11-19(18)20;1-2/h6-13,20H,1,4H2,2-3,5H3;1-2H3/b8-7-,14-9+,15-12+;. The summed E-state index contributed by atoms with van der Waals surface area (Å²) < 4.78 is 5.18. The third-order valence-corrected chi connectivity index (χ3v) is 3.16. The monoisotopic (exact) mass is 312 g/mol. The zero-order valence-corrected chi connectivity index (χ0v) is 14.9. The quantitative estimate of drug-likeness (QED) is 0.645. The van der Waals surface area contributed by atoms with Gasteiger partial charge in [0.05, 0.1) is 7.11 Å². The number of phenolic OH excluding ortho intramolecular Hbond substituents is 1. The second kappa shape index (κ2) is 11.1. The van der Waals surface area contributed by atoms with E-state index < -0.39 is 0 Å². The van der Waals surface area contributed by atoms with Crippen molar-refractivity contribution in [2.75, 3.05) is 7.11 Å². The van der Waals surface area contributed by atoms with Crippen LogP contribution >= 0.6 is 0 Å². The van der Waals surface area contributed by atoms with Crippen LogP contribution in [0.1, 0.15) is 33.3 Å². The molecule has 0 aliphatic rings. The van der Waals surface area contributed by atoms with Gasteiger partial charge in [0.25, 0.3) is 0 Å². The van der Waals surface area contributed by atoms with Gasteiger partial charge >= 0.3 is 0 Å². The smallest absolute Gasteiger partial charge is 0.123 e. The largest absolute Gasteiger partial charge is 0.507 e. The summed E-state index contributed by atoms with van der Waals surface area (Å²) in [5.41, 5.74) is 3.61. The molecule has 1 aromatic carbocycles. The molecule has 0 spiro atoms. The number of methoxy groups -OCH3 is 1. The molecule has 2 heteroatoms. The zero-order chi connectivity index (χ0) is 17.8. The fraction of sp³-hybridized carbons (Fsp3) is 0.238. The highest BCUT2D eigenvalue weighted by molar-refractivity contribution is 5.78. The van der Waals surface area contributed by atoms with E-state index in [1.54, 1.807) is 31.4 Å². The first-order valence-corrected chi connectivity index (χ1v) is 7.70. The van der Waals surface area contributed by atoms with Gasteiger partial charge in [0.1, 0.15) is 11.5 Å². The molecule has 0 bridgehead atoms. The third-order valence-electron chi connectivity index (χ3n) is 3.16. The fourth-order valence-corrected chi connectivity index (χ4v) is 1.76. The van der Waals surface area contributed by atoms with Crippen LogP contribution in [0.4, 0.5) is 0 Å². The Morgan fingerprint density at radius 3 is 2.35 bits per heavy atom. The Hall–Kier alpha value is -2.48. The van der Waals surface area contributed by atoms with Gasteiger partial charge in [-0.15, -0.1) is 0 Å². The van der Waals surface area contributed by atoms with E-state index in [1.165, 1.54) is 0 Å². The first-order chi connectivity index (χ1) is 11.0. The van der Waals surface area contributed by atoms with Gasteiger partial charge < -0.3 is 9.84 Å². The minimum absolute atomic E-state index is 0.193. The maximum atomic E-state index is 9.94. The van der Waals surface area contributed by atoms with Crippen molar-refractivity contribution in [3.05, 3.63) is 78.4 Å². The van der Waals surface area contributed by atoms with Crippen LogP contribution in [0.3, 0.4) is 0 Å². The molecular weight excluding hydrogens is 284 g/mol. The summed E-state index contributed by atoms with van der Waals surface area (Å²) in [4.78, 5) is 0. The normalized spacial score (nSPS) is 11.7. The lowest BCUT2D eigenvalue weighted by molar-refractivity contribution is 0.412. The average molecular weight is 312 g/mol. The van der Waals surface area contributed by atoms with Crippen molar-refractivity contribution in [2.45, 2.75) is 27.7 Å². The van der Waals surface area contributed by atoms with E-state index in [0.717, 1.165) is 16.7 Å². The lowest BCUT2D eigenvalue weighted by Gasteiger charge is -2.09. The third kappa shape index (κ3) is 6.88. The first-order valence-electron chi connectivity index (χ1n) is 7.70. The topological polar surface area (TPSA) is 29.5 Å². The number of aromatic hydroxyl groups is 1. The van der Waals surface area contributed by atoms with Crippen molar-refractivity contribution in [1.82, 2.24) is 0 Å². The average Bonchev–Trinajstić information content (AvgIpc) is 2.57. The zero-order valence-electron chi connectivity index (χ0n) is 14.9. The molecule has 0 saturated heterocycles. The van der Waals surface area contributed by atoms with Crippen LogP contribution in [0, 0.1) is 0 Å². The molecule has 0 saturated carbocycles. The van der Waals surface area contributed by atoms with E-state index in [2.05, 4.69) is 13.2 Å². The van der Waals surface area contributed by atoms with Crippen LogP contribution in [0.2, 0.25) is 0 Å². The maximum Gasteiger partial charge on any atom is 0.123 e.